The predicted octanol–water partition coefficient (Wildman–Crippen LogP) is 4.71. The zero-order valence-corrected chi connectivity index (χ0v) is 18.7. The largest absolute Gasteiger partial charge is 0.478 e. The van der Waals surface area contributed by atoms with Crippen molar-refractivity contribution in [2.45, 2.75) is 33.7 Å². The van der Waals surface area contributed by atoms with E-state index in [1.807, 2.05) is 6.92 Å². The van der Waals surface area contributed by atoms with Crippen molar-refractivity contribution in [1.82, 2.24) is 0 Å². The number of hydrogen-bond acceptors (Lipinski definition) is 6. The van der Waals surface area contributed by atoms with Gasteiger partial charge in [0.25, 0.3) is 0 Å². The number of aromatic carboxylic acids is 2. The average molecular weight is 464 g/mol. The normalized spacial score (nSPS) is 10.6. The number of esters is 1. The van der Waals surface area contributed by atoms with E-state index in [0.29, 0.717) is 11.1 Å². The van der Waals surface area contributed by atoms with Gasteiger partial charge in [0, 0.05) is 0 Å². The molecule has 0 unspecified atom stereocenters. The van der Waals surface area contributed by atoms with Gasteiger partial charge < -0.3 is 14.9 Å². The Kier molecular flexibility index (Phi) is 8.13. The first-order valence-corrected chi connectivity index (χ1v) is 10.4. The summed E-state index contributed by atoms with van der Waals surface area (Å²) in [5.74, 6) is -2.93. The van der Waals surface area contributed by atoms with Gasteiger partial charge in [-0.15, -0.1) is 0 Å². The topological polar surface area (TPSA) is 119 Å². The quantitative estimate of drug-likeness (QED) is 0.192. The first-order valence-electron chi connectivity index (χ1n) is 10.4. The number of ether oxygens (including phenoxy) is 1. The zero-order valence-electron chi connectivity index (χ0n) is 18.7. The molecule has 0 saturated carbocycles. The number of hydrogen-bond donors (Lipinski definition) is 2. The summed E-state index contributed by atoms with van der Waals surface area (Å²) in [5.41, 5.74) is 3.77. The molecule has 0 saturated heterocycles. The van der Waals surface area contributed by atoms with Crippen molar-refractivity contribution in [3.05, 3.63) is 105 Å². The molecular formula is C26H24O8. The highest BCUT2D eigenvalue weighted by molar-refractivity contribution is 6.02. The van der Waals surface area contributed by atoms with E-state index >= 15 is 0 Å². The van der Waals surface area contributed by atoms with Crippen molar-refractivity contribution >= 4 is 17.9 Å². The molecule has 0 atom stereocenters. The highest BCUT2D eigenvalue weighted by Crippen LogP contribution is 2.16. The van der Waals surface area contributed by atoms with Crippen molar-refractivity contribution in [1.29, 1.82) is 0 Å². The van der Waals surface area contributed by atoms with Crippen LogP contribution in [0, 0.1) is 13.8 Å². The Balaban J connectivity index is 1.50. The molecule has 3 aromatic carbocycles. The third-order valence-corrected chi connectivity index (χ3v) is 5.03. The van der Waals surface area contributed by atoms with E-state index in [1.54, 1.807) is 49.4 Å². The van der Waals surface area contributed by atoms with Gasteiger partial charge in [0.2, 0.25) is 0 Å². The molecule has 0 aromatic heterocycles. The number of carboxylic acid groups (broad SMARTS) is 2. The molecule has 0 aliphatic rings. The lowest BCUT2D eigenvalue weighted by molar-refractivity contribution is -0.313. The third kappa shape index (κ3) is 6.50. The summed E-state index contributed by atoms with van der Waals surface area (Å²) >= 11 is 0. The number of carbonyl (C=O) groups is 3. The second-order valence-electron chi connectivity index (χ2n) is 7.74. The fraction of sp³-hybridized carbons (Fsp3) is 0.192. The Labute approximate surface area is 196 Å². The molecule has 0 aliphatic carbocycles. The second-order valence-corrected chi connectivity index (χ2v) is 7.74. The monoisotopic (exact) mass is 464 g/mol. The Bertz CT molecular complexity index is 1200. The maximum Gasteiger partial charge on any atom is 0.339 e. The van der Waals surface area contributed by atoms with Crippen LogP contribution in [0.25, 0.3) is 0 Å². The highest BCUT2D eigenvalue weighted by atomic mass is 17.2. The smallest absolute Gasteiger partial charge is 0.339 e. The Morgan fingerprint density at radius 1 is 0.647 bits per heavy atom. The first kappa shape index (κ1) is 24.6. The predicted molar refractivity (Wildman–Crippen MR) is 121 cm³/mol. The molecule has 3 rings (SSSR count). The summed E-state index contributed by atoms with van der Waals surface area (Å²) in [4.78, 5) is 45.4. The Morgan fingerprint density at radius 2 is 1.18 bits per heavy atom. The van der Waals surface area contributed by atoms with Crippen molar-refractivity contribution in [2.24, 2.45) is 0 Å². The highest BCUT2D eigenvalue weighted by Gasteiger charge is 2.18. The molecule has 176 valence electrons. The maximum atomic E-state index is 12.4. The minimum absolute atomic E-state index is 0.00532. The van der Waals surface area contributed by atoms with E-state index in [-0.39, 0.29) is 36.5 Å². The van der Waals surface area contributed by atoms with Crippen molar-refractivity contribution < 1.29 is 39.1 Å². The number of carbonyl (C=O) groups excluding carboxylic acids is 1. The average Bonchev–Trinajstić information content (AvgIpc) is 2.80. The molecule has 0 aliphatic heterocycles. The van der Waals surface area contributed by atoms with Crippen LogP contribution in [-0.4, -0.2) is 28.1 Å². The standard InChI is InChI=1S/C26H24O8/c1-16-3-9-21(24(27)28)20(11-16)15-34-33-14-19-7-5-18(6-8-19)13-32-26(31)23-12-17(2)4-10-22(23)25(29)30/h3-12H,13-15H2,1-2H3,(H,27,28)(H,29,30). The Hall–Kier alpha value is -4.01. The fourth-order valence-corrected chi connectivity index (χ4v) is 3.24. The molecule has 0 radical (unpaired) electrons. The van der Waals surface area contributed by atoms with Gasteiger partial charge >= 0.3 is 17.9 Å². The van der Waals surface area contributed by atoms with Crippen LogP contribution in [0.15, 0.2) is 60.7 Å². The maximum absolute atomic E-state index is 12.4. The lowest BCUT2D eigenvalue weighted by atomic mass is 10.0. The molecule has 3 aromatic rings. The van der Waals surface area contributed by atoms with E-state index in [4.69, 9.17) is 14.5 Å². The van der Waals surface area contributed by atoms with E-state index in [1.165, 1.54) is 18.2 Å². The fourth-order valence-electron chi connectivity index (χ4n) is 3.24. The summed E-state index contributed by atoms with van der Waals surface area (Å²) in [6.07, 6.45) is 0. The molecule has 0 bridgehead atoms. The summed E-state index contributed by atoms with van der Waals surface area (Å²) in [5, 5.41) is 18.5. The summed E-state index contributed by atoms with van der Waals surface area (Å²) in [6.45, 7) is 3.74. The van der Waals surface area contributed by atoms with Crippen LogP contribution in [0.1, 0.15) is 58.9 Å². The van der Waals surface area contributed by atoms with Gasteiger partial charge in [-0.1, -0.05) is 53.6 Å². The van der Waals surface area contributed by atoms with Crippen molar-refractivity contribution in [3.8, 4) is 0 Å². The van der Waals surface area contributed by atoms with E-state index < -0.39 is 17.9 Å². The van der Waals surface area contributed by atoms with Crippen LogP contribution in [0.2, 0.25) is 0 Å². The summed E-state index contributed by atoms with van der Waals surface area (Å²) in [7, 11) is 0. The van der Waals surface area contributed by atoms with Gasteiger partial charge in [-0.05, 0) is 48.7 Å². The van der Waals surface area contributed by atoms with Crippen molar-refractivity contribution in [3.63, 3.8) is 0 Å². The van der Waals surface area contributed by atoms with Gasteiger partial charge in [-0.3, -0.25) is 0 Å². The van der Waals surface area contributed by atoms with Crippen LogP contribution in [0.5, 0.6) is 0 Å². The second kappa shape index (κ2) is 11.2. The Morgan fingerprint density at radius 3 is 1.79 bits per heavy atom. The van der Waals surface area contributed by atoms with E-state index in [2.05, 4.69) is 0 Å². The van der Waals surface area contributed by atoms with E-state index in [9.17, 15) is 24.6 Å². The van der Waals surface area contributed by atoms with Gasteiger partial charge in [-0.2, -0.15) is 0 Å². The number of rotatable bonds is 10. The van der Waals surface area contributed by atoms with Crippen LogP contribution < -0.4 is 0 Å². The van der Waals surface area contributed by atoms with Crippen molar-refractivity contribution in [2.75, 3.05) is 0 Å². The minimum atomic E-state index is -1.19. The first-order chi connectivity index (χ1) is 16.2. The number of benzene rings is 3. The van der Waals surface area contributed by atoms with Crippen LogP contribution in [0.4, 0.5) is 0 Å². The number of aryl methyl sites for hydroxylation is 2. The third-order valence-electron chi connectivity index (χ3n) is 5.03. The SMILES string of the molecule is Cc1ccc(C(=O)O)c(COOCc2ccc(COC(=O)c3cc(C)ccc3C(=O)O)cc2)c1. The van der Waals surface area contributed by atoms with Gasteiger partial charge in [-0.25, -0.2) is 24.2 Å². The van der Waals surface area contributed by atoms with Crippen LogP contribution in [0.3, 0.4) is 0 Å². The zero-order chi connectivity index (χ0) is 24.7. The van der Waals surface area contributed by atoms with Gasteiger partial charge in [0.05, 0.1) is 16.7 Å². The summed E-state index contributed by atoms with van der Waals surface area (Å²) in [6, 6.07) is 16.5. The molecule has 0 fully saturated rings. The van der Waals surface area contributed by atoms with Gasteiger partial charge in [0.1, 0.15) is 19.8 Å². The molecule has 0 spiro atoms. The molecule has 2 N–H and O–H groups in total. The lowest BCUT2D eigenvalue weighted by Crippen LogP contribution is -2.12. The molecule has 0 amide bonds. The summed E-state index contributed by atoms with van der Waals surface area (Å²) < 4.78 is 5.28. The molecule has 8 nitrogen and oxygen atoms in total. The van der Waals surface area contributed by atoms with Crippen LogP contribution in [-0.2, 0) is 34.3 Å². The van der Waals surface area contributed by atoms with E-state index in [0.717, 1.165) is 16.7 Å². The molecule has 34 heavy (non-hydrogen) atoms. The van der Waals surface area contributed by atoms with Gasteiger partial charge in [0.15, 0.2) is 0 Å². The minimum Gasteiger partial charge on any atom is -0.478 e. The van der Waals surface area contributed by atoms with Crippen LogP contribution >= 0.6 is 0 Å². The molecule has 0 heterocycles. The number of carboxylic acids is 2. The molecular weight excluding hydrogens is 440 g/mol. The molecule has 8 heteroatoms. The lowest BCUT2D eigenvalue weighted by Gasteiger charge is -2.10.